The van der Waals surface area contributed by atoms with Crippen LogP contribution in [0.2, 0.25) is 0 Å². The Hall–Kier alpha value is -3.80. The van der Waals surface area contributed by atoms with Crippen molar-refractivity contribution in [2.24, 2.45) is 0 Å². The number of imidazole rings is 1. The molecule has 1 aliphatic rings. The van der Waals surface area contributed by atoms with Gasteiger partial charge >= 0.3 is 0 Å². The van der Waals surface area contributed by atoms with E-state index in [0.717, 1.165) is 22.5 Å². The molecule has 6 heteroatoms. The van der Waals surface area contributed by atoms with Crippen molar-refractivity contribution in [1.29, 1.82) is 0 Å². The summed E-state index contributed by atoms with van der Waals surface area (Å²) in [4.78, 5) is 20.0. The van der Waals surface area contributed by atoms with Crippen molar-refractivity contribution in [1.82, 2.24) is 9.55 Å². The fourth-order valence-electron chi connectivity index (χ4n) is 4.76. The molecule has 4 aromatic rings. The summed E-state index contributed by atoms with van der Waals surface area (Å²) < 4.78 is 13.2. The Morgan fingerprint density at radius 1 is 0.970 bits per heavy atom. The Balaban J connectivity index is 1.57. The van der Waals surface area contributed by atoms with E-state index in [1.807, 2.05) is 42.5 Å². The molecule has 6 nitrogen and oxygen atoms in total. The molecule has 1 aliphatic heterocycles. The lowest BCUT2D eigenvalue weighted by atomic mass is 10.0. The van der Waals surface area contributed by atoms with Crippen LogP contribution in [-0.4, -0.2) is 36.2 Å². The molecule has 3 aromatic carbocycles. The van der Waals surface area contributed by atoms with Crippen LogP contribution in [0.25, 0.3) is 11.0 Å². The molecule has 0 N–H and O–H groups in total. The highest BCUT2D eigenvalue weighted by Gasteiger charge is 2.37. The quantitative estimate of drug-likeness (QED) is 0.414. The minimum Gasteiger partial charge on any atom is -0.497 e. The topological polar surface area (TPSA) is 56.6 Å². The van der Waals surface area contributed by atoms with Crippen LogP contribution in [0.1, 0.15) is 36.7 Å². The molecule has 1 saturated heterocycles. The predicted molar refractivity (Wildman–Crippen MR) is 129 cm³/mol. The van der Waals surface area contributed by atoms with Crippen LogP contribution in [0.4, 0.5) is 5.69 Å². The van der Waals surface area contributed by atoms with Crippen molar-refractivity contribution >= 4 is 22.6 Å². The predicted octanol–water partition coefficient (Wildman–Crippen LogP) is 5.18. The van der Waals surface area contributed by atoms with Gasteiger partial charge in [0.1, 0.15) is 17.3 Å². The number of nitrogens with zero attached hydrogens (tertiary/aromatic N) is 3. The molecule has 168 valence electrons. The maximum Gasteiger partial charge on any atom is 0.227 e. The summed E-state index contributed by atoms with van der Waals surface area (Å²) in [5.74, 6) is 2.29. The average Bonchev–Trinajstić information content (AvgIpc) is 3.44. The number of ether oxygens (including phenoxy) is 2. The van der Waals surface area contributed by atoms with Gasteiger partial charge in [0.2, 0.25) is 5.91 Å². The zero-order valence-corrected chi connectivity index (χ0v) is 19.1. The third kappa shape index (κ3) is 3.71. The summed E-state index contributed by atoms with van der Waals surface area (Å²) >= 11 is 0. The molecule has 1 fully saturated rings. The molecular formula is C27H27N3O3. The van der Waals surface area contributed by atoms with E-state index in [1.165, 1.54) is 5.56 Å². The summed E-state index contributed by atoms with van der Waals surface area (Å²) in [7, 11) is 3.23. The van der Waals surface area contributed by atoms with E-state index in [2.05, 4.69) is 41.8 Å². The second-order valence-electron chi connectivity index (χ2n) is 8.36. The van der Waals surface area contributed by atoms with E-state index < -0.39 is 0 Å². The molecule has 0 radical (unpaired) electrons. The van der Waals surface area contributed by atoms with Crippen LogP contribution in [-0.2, 0) is 4.79 Å². The van der Waals surface area contributed by atoms with Gasteiger partial charge in [-0.05, 0) is 36.8 Å². The summed E-state index contributed by atoms with van der Waals surface area (Å²) in [6.45, 7) is 2.72. The number of fused-ring (bicyclic) bond motifs is 1. The second-order valence-corrected chi connectivity index (χ2v) is 8.36. The van der Waals surface area contributed by atoms with Crippen molar-refractivity contribution in [3.63, 3.8) is 0 Å². The number of benzene rings is 3. The van der Waals surface area contributed by atoms with Crippen LogP contribution in [0.15, 0.2) is 72.8 Å². The van der Waals surface area contributed by atoms with Crippen molar-refractivity contribution in [2.45, 2.75) is 25.3 Å². The maximum atomic E-state index is 13.2. The molecule has 2 atom stereocenters. The van der Waals surface area contributed by atoms with E-state index in [0.29, 0.717) is 24.5 Å². The molecular weight excluding hydrogens is 414 g/mol. The highest BCUT2D eigenvalue weighted by molar-refractivity contribution is 5.98. The zero-order valence-electron chi connectivity index (χ0n) is 19.1. The van der Waals surface area contributed by atoms with Crippen LogP contribution < -0.4 is 14.4 Å². The Bertz CT molecular complexity index is 1300. The molecule has 2 unspecified atom stereocenters. The van der Waals surface area contributed by atoms with Gasteiger partial charge in [-0.2, -0.15) is 0 Å². The van der Waals surface area contributed by atoms with Gasteiger partial charge < -0.3 is 18.9 Å². The third-order valence-electron chi connectivity index (χ3n) is 6.46. The number of rotatable bonds is 6. The highest BCUT2D eigenvalue weighted by atomic mass is 16.5. The molecule has 1 amide bonds. The van der Waals surface area contributed by atoms with Gasteiger partial charge in [-0.3, -0.25) is 4.79 Å². The summed E-state index contributed by atoms with van der Waals surface area (Å²) in [5, 5.41) is 0. The van der Waals surface area contributed by atoms with Crippen LogP contribution in [0, 0.1) is 0 Å². The van der Waals surface area contributed by atoms with Gasteiger partial charge in [-0.25, -0.2) is 4.98 Å². The van der Waals surface area contributed by atoms with Gasteiger partial charge in [0.25, 0.3) is 0 Å². The molecule has 0 aliphatic carbocycles. The molecule has 0 saturated carbocycles. The van der Waals surface area contributed by atoms with Gasteiger partial charge in [0.05, 0.1) is 37.0 Å². The number of anilines is 1. The highest BCUT2D eigenvalue weighted by Crippen LogP contribution is 2.40. The molecule has 0 spiro atoms. The lowest BCUT2D eigenvalue weighted by Gasteiger charge is -2.22. The fourth-order valence-corrected chi connectivity index (χ4v) is 4.76. The third-order valence-corrected chi connectivity index (χ3v) is 6.46. The maximum absolute atomic E-state index is 13.2. The summed E-state index contributed by atoms with van der Waals surface area (Å²) in [5.41, 5.74) is 3.95. The number of hydrogen-bond donors (Lipinski definition) is 0. The molecule has 1 aromatic heterocycles. The fraction of sp³-hybridized carbons (Fsp3) is 0.259. The van der Waals surface area contributed by atoms with Crippen molar-refractivity contribution in [3.8, 4) is 11.5 Å². The molecule has 5 rings (SSSR count). The first-order valence-electron chi connectivity index (χ1n) is 11.1. The van der Waals surface area contributed by atoms with Crippen molar-refractivity contribution in [3.05, 3.63) is 84.2 Å². The number of para-hydroxylation sites is 2. The zero-order chi connectivity index (χ0) is 22.9. The largest absolute Gasteiger partial charge is 0.497 e. The number of carbonyl (C=O) groups is 1. The normalized spacial score (nSPS) is 16.9. The van der Waals surface area contributed by atoms with Crippen molar-refractivity contribution in [2.75, 3.05) is 25.7 Å². The monoisotopic (exact) mass is 441 g/mol. The SMILES string of the molecule is COc1ccc(OC)c(N2CC(c3nc4ccccc4n3C(C)c3ccccc3)CC2=O)c1. The summed E-state index contributed by atoms with van der Waals surface area (Å²) in [6, 6.07) is 24.2. The second kappa shape index (κ2) is 8.62. The number of amides is 1. The van der Waals surface area contributed by atoms with Gasteiger partial charge in [-0.15, -0.1) is 0 Å². The first-order chi connectivity index (χ1) is 16.1. The average molecular weight is 442 g/mol. The lowest BCUT2D eigenvalue weighted by Crippen LogP contribution is -2.25. The molecule has 0 bridgehead atoms. The lowest BCUT2D eigenvalue weighted by molar-refractivity contribution is -0.117. The Kier molecular flexibility index (Phi) is 5.50. The Morgan fingerprint density at radius 2 is 1.73 bits per heavy atom. The van der Waals surface area contributed by atoms with Crippen molar-refractivity contribution < 1.29 is 14.3 Å². The van der Waals surface area contributed by atoms with Crippen LogP contribution >= 0.6 is 0 Å². The number of carbonyl (C=O) groups excluding carboxylic acids is 1. The van der Waals surface area contributed by atoms with Gasteiger partial charge in [0.15, 0.2) is 0 Å². The van der Waals surface area contributed by atoms with E-state index in [1.54, 1.807) is 19.1 Å². The van der Waals surface area contributed by atoms with E-state index in [4.69, 9.17) is 14.5 Å². The Labute approximate surface area is 193 Å². The standard InChI is InChI=1S/C27H27N3O3/c1-18(19-9-5-4-6-10-19)30-23-12-8-7-11-22(23)28-27(30)20-15-26(31)29(17-20)24-16-21(32-2)13-14-25(24)33-3/h4-14,16,18,20H,15,17H2,1-3H3. The first kappa shape index (κ1) is 21.1. The summed E-state index contributed by atoms with van der Waals surface area (Å²) in [6.07, 6.45) is 0.394. The first-order valence-corrected chi connectivity index (χ1v) is 11.1. The smallest absolute Gasteiger partial charge is 0.227 e. The number of hydrogen-bond acceptors (Lipinski definition) is 4. The van der Waals surface area contributed by atoms with E-state index >= 15 is 0 Å². The molecule has 2 heterocycles. The van der Waals surface area contributed by atoms with E-state index in [-0.39, 0.29) is 17.9 Å². The van der Waals surface area contributed by atoms with Crippen LogP contribution in [0.3, 0.4) is 0 Å². The Morgan fingerprint density at radius 3 is 2.48 bits per heavy atom. The number of aromatic nitrogens is 2. The van der Waals surface area contributed by atoms with Gasteiger partial charge in [-0.1, -0.05) is 42.5 Å². The minimum atomic E-state index is -0.0352. The van der Waals surface area contributed by atoms with Crippen LogP contribution in [0.5, 0.6) is 11.5 Å². The number of methoxy groups -OCH3 is 2. The van der Waals surface area contributed by atoms with E-state index in [9.17, 15) is 4.79 Å². The van der Waals surface area contributed by atoms with Gasteiger partial charge in [0, 0.05) is 24.9 Å². The minimum absolute atomic E-state index is 0.0352. The molecule has 33 heavy (non-hydrogen) atoms.